The van der Waals surface area contributed by atoms with Crippen LogP contribution in [0.25, 0.3) is 10.6 Å². The summed E-state index contributed by atoms with van der Waals surface area (Å²) in [6.45, 7) is 3.87. The molecule has 0 unspecified atom stereocenters. The number of thiazole rings is 1. The normalized spacial score (nSPS) is 10.7. The SMILES string of the molecule is Cc1nc(-c2c(F)cccc2Cl)sc1C. The molecule has 0 atom stereocenters. The van der Waals surface area contributed by atoms with E-state index in [4.69, 9.17) is 11.6 Å². The van der Waals surface area contributed by atoms with Crippen LogP contribution in [0.15, 0.2) is 18.2 Å². The van der Waals surface area contributed by atoms with Crippen molar-refractivity contribution >= 4 is 22.9 Å². The van der Waals surface area contributed by atoms with Crippen molar-refractivity contribution in [3.8, 4) is 10.6 Å². The molecule has 1 aromatic carbocycles. The van der Waals surface area contributed by atoms with E-state index in [0.717, 1.165) is 10.6 Å². The zero-order chi connectivity index (χ0) is 11.0. The van der Waals surface area contributed by atoms with Crippen molar-refractivity contribution in [3.63, 3.8) is 0 Å². The molecular formula is C11H9ClFNS. The van der Waals surface area contributed by atoms with Gasteiger partial charge in [-0.3, -0.25) is 0 Å². The Hall–Kier alpha value is -0.930. The summed E-state index contributed by atoms with van der Waals surface area (Å²) in [4.78, 5) is 5.38. The molecule has 1 aromatic heterocycles. The van der Waals surface area contributed by atoms with Crippen molar-refractivity contribution in [2.24, 2.45) is 0 Å². The van der Waals surface area contributed by atoms with Crippen LogP contribution >= 0.6 is 22.9 Å². The molecular weight excluding hydrogens is 233 g/mol. The summed E-state index contributed by atoms with van der Waals surface area (Å²) < 4.78 is 13.6. The molecule has 1 heterocycles. The lowest BCUT2D eigenvalue weighted by Crippen LogP contribution is -1.84. The molecule has 4 heteroatoms. The van der Waals surface area contributed by atoms with E-state index in [1.54, 1.807) is 12.1 Å². The van der Waals surface area contributed by atoms with Gasteiger partial charge >= 0.3 is 0 Å². The van der Waals surface area contributed by atoms with Crippen molar-refractivity contribution < 1.29 is 4.39 Å². The first-order valence-electron chi connectivity index (χ1n) is 4.48. The van der Waals surface area contributed by atoms with Gasteiger partial charge in [0.05, 0.1) is 16.3 Å². The Morgan fingerprint density at radius 1 is 1.33 bits per heavy atom. The molecule has 15 heavy (non-hydrogen) atoms. The van der Waals surface area contributed by atoms with Gasteiger partial charge in [-0.05, 0) is 26.0 Å². The number of aromatic nitrogens is 1. The van der Waals surface area contributed by atoms with Crippen molar-refractivity contribution in [3.05, 3.63) is 39.6 Å². The van der Waals surface area contributed by atoms with Crippen LogP contribution in [0.1, 0.15) is 10.6 Å². The first-order valence-corrected chi connectivity index (χ1v) is 5.67. The van der Waals surface area contributed by atoms with E-state index < -0.39 is 0 Å². The maximum Gasteiger partial charge on any atom is 0.134 e. The van der Waals surface area contributed by atoms with Gasteiger partial charge in [0.15, 0.2) is 0 Å². The zero-order valence-corrected chi connectivity index (χ0v) is 9.92. The predicted molar refractivity (Wildman–Crippen MR) is 62.0 cm³/mol. The molecule has 0 N–H and O–H groups in total. The fourth-order valence-corrected chi connectivity index (χ4v) is 2.57. The second kappa shape index (κ2) is 3.91. The van der Waals surface area contributed by atoms with Crippen LogP contribution in [0, 0.1) is 19.7 Å². The highest BCUT2D eigenvalue weighted by Crippen LogP contribution is 2.34. The maximum atomic E-state index is 13.6. The smallest absolute Gasteiger partial charge is 0.134 e. The van der Waals surface area contributed by atoms with Crippen LogP contribution in [0.3, 0.4) is 0 Å². The van der Waals surface area contributed by atoms with E-state index in [-0.39, 0.29) is 5.82 Å². The lowest BCUT2D eigenvalue weighted by molar-refractivity contribution is 0.631. The van der Waals surface area contributed by atoms with Crippen molar-refractivity contribution in [2.75, 3.05) is 0 Å². The van der Waals surface area contributed by atoms with Gasteiger partial charge in [0.25, 0.3) is 0 Å². The summed E-state index contributed by atoms with van der Waals surface area (Å²) in [6.07, 6.45) is 0. The van der Waals surface area contributed by atoms with E-state index >= 15 is 0 Å². The van der Waals surface area contributed by atoms with E-state index in [9.17, 15) is 4.39 Å². The quantitative estimate of drug-likeness (QED) is 0.729. The molecule has 0 aliphatic carbocycles. The van der Waals surface area contributed by atoms with E-state index in [2.05, 4.69) is 4.98 Å². The highest BCUT2D eigenvalue weighted by Gasteiger charge is 2.14. The van der Waals surface area contributed by atoms with E-state index in [1.807, 2.05) is 13.8 Å². The van der Waals surface area contributed by atoms with Crippen molar-refractivity contribution in [2.45, 2.75) is 13.8 Å². The number of benzene rings is 1. The van der Waals surface area contributed by atoms with Gasteiger partial charge in [-0.1, -0.05) is 17.7 Å². The fourth-order valence-electron chi connectivity index (χ4n) is 1.28. The standard InChI is InChI=1S/C11H9ClFNS/c1-6-7(2)15-11(14-6)10-8(12)4-3-5-9(10)13/h3-5H,1-2H3. The lowest BCUT2D eigenvalue weighted by Gasteiger charge is -2.00. The first-order chi connectivity index (χ1) is 7.09. The van der Waals surface area contributed by atoms with Gasteiger partial charge in [-0.15, -0.1) is 11.3 Å². The average molecular weight is 242 g/mol. The van der Waals surface area contributed by atoms with Crippen LogP contribution in [-0.4, -0.2) is 4.98 Å². The van der Waals surface area contributed by atoms with E-state index in [1.165, 1.54) is 17.4 Å². The maximum absolute atomic E-state index is 13.6. The van der Waals surface area contributed by atoms with Gasteiger partial charge < -0.3 is 0 Å². The summed E-state index contributed by atoms with van der Waals surface area (Å²) in [5, 5.41) is 1.05. The third-order valence-corrected chi connectivity index (χ3v) is 3.61. The topological polar surface area (TPSA) is 12.9 Å². The molecule has 2 aromatic rings. The molecule has 2 rings (SSSR count). The van der Waals surface area contributed by atoms with Gasteiger partial charge in [0.1, 0.15) is 10.8 Å². The third-order valence-electron chi connectivity index (χ3n) is 2.21. The van der Waals surface area contributed by atoms with Crippen LogP contribution in [0.4, 0.5) is 4.39 Å². The van der Waals surface area contributed by atoms with Crippen molar-refractivity contribution in [1.29, 1.82) is 0 Å². The second-order valence-corrected chi connectivity index (χ2v) is 4.87. The first kappa shape index (κ1) is 10.6. The molecule has 0 saturated heterocycles. The monoisotopic (exact) mass is 241 g/mol. The van der Waals surface area contributed by atoms with Gasteiger partial charge in [-0.25, -0.2) is 9.37 Å². The van der Waals surface area contributed by atoms with Crippen LogP contribution in [0.5, 0.6) is 0 Å². The minimum atomic E-state index is -0.323. The molecule has 0 aliphatic heterocycles. The third kappa shape index (κ3) is 1.90. The number of hydrogen-bond acceptors (Lipinski definition) is 2. The Morgan fingerprint density at radius 2 is 2.07 bits per heavy atom. The molecule has 0 bridgehead atoms. The summed E-state index contributed by atoms with van der Waals surface area (Å²) in [7, 11) is 0. The Labute approximate surface area is 96.5 Å². The van der Waals surface area contributed by atoms with Gasteiger partial charge in [0.2, 0.25) is 0 Å². The predicted octanol–water partition coefficient (Wildman–Crippen LogP) is 4.22. The van der Waals surface area contributed by atoms with Crippen molar-refractivity contribution in [1.82, 2.24) is 4.98 Å². The second-order valence-electron chi connectivity index (χ2n) is 3.26. The van der Waals surface area contributed by atoms with E-state index in [0.29, 0.717) is 15.6 Å². The summed E-state index contributed by atoms with van der Waals surface area (Å²) >= 11 is 7.41. The number of nitrogens with zero attached hydrogens (tertiary/aromatic N) is 1. The number of hydrogen-bond donors (Lipinski definition) is 0. The molecule has 78 valence electrons. The Morgan fingerprint density at radius 3 is 2.60 bits per heavy atom. The molecule has 0 amide bonds. The molecule has 0 fully saturated rings. The minimum absolute atomic E-state index is 0.323. The summed E-state index contributed by atoms with van der Waals surface area (Å²) in [5.74, 6) is -0.323. The van der Waals surface area contributed by atoms with Crippen LogP contribution in [0.2, 0.25) is 5.02 Å². The minimum Gasteiger partial charge on any atom is -0.241 e. The van der Waals surface area contributed by atoms with Crippen LogP contribution in [-0.2, 0) is 0 Å². The molecule has 0 saturated carbocycles. The molecule has 0 spiro atoms. The van der Waals surface area contributed by atoms with Gasteiger partial charge in [-0.2, -0.15) is 0 Å². The Bertz CT molecular complexity index is 468. The number of halogens is 2. The number of rotatable bonds is 1. The summed E-state index contributed by atoms with van der Waals surface area (Å²) in [6, 6.07) is 4.66. The Balaban J connectivity index is 2.63. The fraction of sp³-hybridized carbons (Fsp3) is 0.182. The lowest BCUT2D eigenvalue weighted by atomic mass is 10.2. The largest absolute Gasteiger partial charge is 0.241 e. The van der Waals surface area contributed by atoms with Gasteiger partial charge in [0, 0.05) is 4.88 Å². The highest BCUT2D eigenvalue weighted by molar-refractivity contribution is 7.15. The number of aryl methyl sites for hydroxylation is 2. The summed E-state index contributed by atoms with van der Waals surface area (Å²) in [5.41, 5.74) is 1.33. The highest BCUT2D eigenvalue weighted by atomic mass is 35.5. The Kier molecular flexibility index (Phi) is 2.76. The zero-order valence-electron chi connectivity index (χ0n) is 8.34. The molecule has 0 aliphatic rings. The van der Waals surface area contributed by atoms with Crippen LogP contribution < -0.4 is 0 Å². The average Bonchev–Trinajstić information content (AvgIpc) is 2.46. The molecule has 1 nitrogen and oxygen atoms in total. The molecule has 0 radical (unpaired) electrons.